The van der Waals surface area contributed by atoms with Gasteiger partial charge >= 0.3 is 0 Å². The molecule has 0 fully saturated rings. The van der Waals surface area contributed by atoms with Crippen LogP contribution in [0.1, 0.15) is 39.2 Å². The van der Waals surface area contributed by atoms with E-state index in [0.29, 0.717) is 17.2 Å². The average Bonchev–Trinajstić information content (AvgIpc) is 2.41. The summed E-state index contributed by atoms with van der Waals surface area (Å²) in [6.45, 7) is 8.48. The molecule has 0 aliphatic rings. The number of para-hydroxylation sites is 1. The van der Waals surface area contributed by atoms with Gasteiger partial charge in [-0.2, -0.15) is 5.26 Å². The maximum Gasteiger partial charge on any atom is 0.101 e. The molecule has 0 aromatic heterocycles. The maximum atomic E-state index is 9.02. The van der Waals surface area contributed by atoms with Crippen molar-refractivity contribution in [3.05, 3.63) is 23.8 Å². The van der Waals surface area contributed by atoms with Crippen molar-refractivity contribution < 1.29 is 0 Å². The Kier molecular flexibility index (Phi) is 5.51. The predicted octanol–water partition coefficient (Wildman–Crippen LogP) is 3.40. The standard InChI is InChI=1S/C15H23N3/c1-4-12(5-2)11-18(6-3)14-9-7-8-13(10-16)15(14)17/h7-9,12H,4-6,11,17H2,1-3H3. The molecule has 98 valence electrons. The third-order valence-corrected chi connectivity index (χ3v) is 3.56. The highest BCUT2D eigenvalue weighted by Crippen LogP contribution is 2.27. The van der Waals surface area contributed by atoms with Crippen molar-refractivity contribution in [3.63, 3.8) is 0 Å². The van der Waals surface area contributed by atoms with Crippen molar-refractivity contribution in [1.29, 1.82) is 5.26 Å². The van der Waals surface area contributed by atoms with Crippen LogP contribution in [0.2, 0.25) is 0 Å². The Hall–Kier alpha value is -1.69. The van der Waals surface area contributed by atoms with E-state index in [4.69, 9.17) is 11.0 Å². The SMILES string of the molecule is CCC(CC)CN(CC)c1cccc(C#N)c1N. The highest BCUT2D eigenvalue weighted by molar-refractivity contribution is 5.73. The number of hydrogen-bond acceptors (Lipinski definition) is 3. The Morgan fingerprint density at radius 3 is 2.44 bits per heavy atom. The molecule has 0 saturated heterocycles. The van der Waals surface area contributed by atoms with Crippen molar-refractivity contribution in [2.75, 3.05) is 23.7 Å². The number of rotatable bonds is 6. The Bertz CT molecular complexity index is 416. The quantitative estimate of drug-likeness (QED) is 0.781. The Labute approximate surface area is 110 Å². The first kappa shape index (κ1) is 14.4. The van der Waals surface area contributed by atoms with E-state index in [1.807, 2.05) is 12.1 Å². The zero-order valence-electron chi connectivity index (χ0n) is 11.6. The van der Waals surface area contributed by atoms with Gasteiger partial charge in [0.05, 0.1) is 16.9 Å². The van der Waals surface area contributed by atoms with E-state index in [2.05, 4.69) is 31.7 Å². The lowest BCUT2D eigenvalue weighted by atomic mass is 10.0. The molecule has 0 aliphatic carbocycles. The lowest BCUT2D eigenvalue weighted by Gasteiger charge is -2.28. The van der Waals surface area contributed by atoms with Crippen LogP contribution in [0.15, 0.2) is 18.2 Å². The van der Waals surface area contributed by atoms with Crippen LogP contribution < -0.4 is 10.6 Å². The van der Waals surface area contributed by atoms with E-state index in [1.165, 1.54) is 12.8 Å². The van der Waals surface area contributed by atoms with E-state index in [1.54, 1.807) is 6.07 Å². The van der Waals surface area contributed by atoms with Crippen LogP contribution in [-0.2, 0) is 0 Å². The minimum Gasteiger partial charge on any atom is -0.396 e. The number of benzene rings is 1. The number of nitrogens with two attached hydrogens (primary N) is 1. The van der Waals surface area contributed by atoms with Gasteiger partial charge in [0, 0.05) is 13.1 Å². The smallest absolute Gasteiger partial charge is 0.101 e. The summed E-state index contributed by atoms with van der Waals surface area (Å²) in [5.41, 5.74) is 8.22. The largest absolute Gasteiger partial charge is 0.396 e. The maximum absolute atomic E-state index is 9.02. The van der Waals surface area contributed by atoms with Crippen LogP contribution in [0.5, 0.6) is 0 Å². The van der Waals surface area contributed by atoms with Gasteiger partial charge in [0.2, 0.25) is 0 Å². The lowest BCUT2D eigenvalue weighted by Crippen LogP contribution is -2.29. The molecule has 0 amide bonds. The van der Waals surface area contributed by atoms with Crippen LogP contribution >= 0.6 is 0 Å². The van der Waals surface area contributed by atoms with Gasteiger partial charge in [-0.05, 0) is 25.0 Å². The summed E-state index contributed by atoms with van der Waals surface area (Å²) in [6.07, 6.45) is 2.34. The Morgan fingerprint density at radius 2 is 1.94 bits per heavy atom. The van der Waals surface area contributed by atoms with E-state index in [0.717, 1.165) is 18.8 Å². The van der Waals surface area contributed by atoms with Crippen molar-refractivity contribution in [2.45, 2.75) is 33.6 Å². The second-order valence-corrected chi connectivity index (χ2v) is 4.57. The van der Waals surface area contributed by atoms with E-state index in [9.17, 15) is 0 Å². The van der Waals surface area contributed by atoms with E-state index >= 15 is 0 Å². The minimum absolute atomic E-state index is 0.565. The molecule has 0 spiro atoms. The fourth-order valence-corrected chi connectivity index (χ4v) is 2.18. The highest BCUT2D eigenvalue weighted by Gasteiger charge is 2.14. The average molecular weight is 245 g/mol. The summed E-state index contributed by atoms with van der Waals surface area (Å²) in [5.74, 6) is 0.676. The van der Waals surface area contributed by atoms with E-state index in [-0.39, 0.29) is 0 Å². The predicted molar refractivity (Wildman–Crippen MR) is 77.5 cm³/mol. The number of hydrogen-bond donors (Lipinski definition) is 1. The normalized spacial score (nSPS) is 10.4. The van der Waals surface area contributed by atoms with Gasteiger partial charge in [0.15, 0.2) is 0 Å². The fourth-order valence-electron chi connectivity index (χ4n) is 2.18. The molecule has 0 aliphatic heterocycles. The first-order chi connectivity index (χ1) is 8.67. The number of nitrogen functional groups attached to an aromatic ring is 1. The summed E-state index contributed by atoms with van der Waals surface area (Å²) < 4.78 is 0. The molecule has 0 heterocycles. The van der Waals surface area contributed by atoms with Crippen LogP contribution in [0, 0.1) is 17.2 Å². The highest BCUT2D eigenvalue weighted by atomic mass is 15.1. The molecule has 0 atom stereocenters. The first-order valence-electron chi connectivity index (χ1n) is 6.71. The van der Waals surface area contributed by atoms with Gasteiger partial charge in [-0.3, -0.25) is 0 Å². The van der Waals surface area contributed by atoms with E-state index < -0.39 is 0 Å². The van der Waals surface area contributed by atoms with Crippen molar-refractivity contribution in [1.82, 2.24) is 0 Å². The monoisotopic (exact) mass is 245 g/mol. The van der Waals surface area contributed by atoms with Crippen molar-refractivity contribution in [2.24, 2.45) is 5.92 Å². The Morgan fingerprint density at radius 1 is 1.28 bits per heavy atom. The third kappa shape index (κ3) is 3.16. The van der Waals surface area contributed by atoms with Crippen LogP contribution in [0.4, 0.5) is 11.4 Å². The van der Waals surface area contributed by atoms with Gasteiger partial charge in [-0.1, -0.05) is 32.8 Å². The van der Waals surface area contributed by atoms with Crippen LogP contribution in [0.3, 0.4) is 0 Å². The number of nitriles is 1. The molecular formula is C15H23N3. The summed E-state index contributed by atoms with van der Waals surface area (Å²) in [6, 6.07) is 7.82. The number of nitrogens with zero attached hydrogens (tertiary/aromatic N) is 2. The summed E-state index contributed by atoms with van der Waals surface area (Å²) >= 11 is 0. The molecule has 0 saturated carbocycles. The topological polar surface area (TPSA) is 53.0 Å². The second kappa shape index (κ2) is 6.90. The molecule has 2 N–H and O–H groups in total. The van der Waals surface area contributed by atoms with Crippen molar-refractivity contribution >= 4 is 11.4 Å². The molecule has 1 rings (SSSR count). The van der Waals surface area contributed by atoms with Crippen LogP contribution in [-0.4, -0.2) is 13.1 Å². The molecule has 1 aromatic rings. The van der Waals surface area contributed by atoms with Gasteiger partial charge in [-0.15, -0.1) is 0 Å². The molecule has 3 nitrogen and oxygen atoms in total. The fraction of sp³-hybridized carbons (Fsp3) is 0.533. The molecule has 0 radical (unpaired) electrons. The first-order valence-corrected chi connectivity index (χ1v) is 6.71. The molecule has 0 unspecified atom stereocenters. The lowest BCUT2D eigenvalue weighted by molar-refractivity contribution is 0.486. The zero-order valence-corrected chi connectivity index (χ0v) is 11.6. The molecule has 0 bridgehead atoms. The number of anilines is 2. The summed E-state index contributed by atoms with van der Waals surface area (Å²) in [5, 5.41) is 9.02. The second-order valence-electron chi connectivity index (χ2n) is 4.57. The zero-order chi connectivity index (χ0) is 13.5. The molecule has 18 heavy (non-hydrogen) atoms. The van der Waals surface area contributed by atoms with Crippen LogP contribution in [0.25, 0.3) is 0 Å². The van der Waals surface area contributed by atoms with Gasteiger partial charge < -0.3 is 10.6 Å². The van der Waals surface area contributed by atoms with Gasteiger partial charge in [0.25, 0.3) is 0 Å². The minimum atomic E-state index is 0.565. The molecule has 1 aromatic carbocycles. The molecule has 3 heteroatoms. The van der Waals surface area contributed by atoms with Gasteiger partial charge in [0.1, 0.15) is 6.07 Å². The third-order valence-electron chi connectivity index (χ3n) is 3.56. The van der Waals surface area contributed by atoms with Crippen molar-refractivity contribution in [3.8, 4) is 6.07 Å². The van der Waals surface area contributed by atoms with Gasteiger partial charge in [-0.25, -0.2) is 0 Å². The summed E-state index contributed by atoms with van der Waals surface area (Å²) in [4.78, 5) is 2.27. The Balaban J connectivity index is 2.99. The molecular weight excluding hydrogens is 222 g/mol. The summed E-state index contributed by atoms with van der Waals surface area (Å²) in [7, 11) is 0.